The largest absolute Gasteiger partial charge is 0.379 e. The predicted octanol–water partition coefficient (Wildman–Crippen LogP) is -0.504. The second kappa shape index (κ2) is 7.16. The molecular formula is C17H25N5O5. The molecule has 0 radical (unpaired) electrons. The first-order chi connectivity index (χ1) is 12.7. The molecule has 2 fully saturated rings. The van der Waals surface area contributed by atoms with Crippen LogP contribution in [0.15, 0.2) is 5.16 Å². The van der Waals surface area contributed by atoms with Crippen LogP contribution < -0.4 is 0 Å². The number of likely N-dealkylation sites (N-methyl/N-ethyl adjacent to an activating group) is 1. The van der Waals surface area contributed by atoms with Crippen LogP contribution in [-0.2, 0) is 19.2 Å². The number of amides is 5. The number of carbonyl (C=O) groups excluding carboxylic acids is 4. The molecule has 10 nitrogen and oxygen atoms in total. The number of oxime groups is 1. The van der Waals surface area contributed by atoms with Crippen LogP contribution in [0.4, 0.5) is 4.79 Å². The fraction of sp³-hybridized carbons (Fsp3) is 0.706. The van der Waals surface area contributed by atoms with Gasteiger partial charge >= 0.3 is 6.03 Å². The molecule has 5 amide bonds. The van der Waals surface area contributed by atoms with Crippen LogP contribution >= 0.6 is 0 Å². The number of hydrogen-bond donors (Lipinski definition) is 0. The Hall–Kier alpha value is -2.65. The first-order valence-corrected chi connectivity index (χ1v) is 9.05. The highest BCUT2D eigenvalue weighted by atomic mass is 16.7. The normalized spacial score (nSPS) is 26.3. The van der Waals surface area contributed by atoms with E-state index in [-0.39, 0.29) is 30.8 Å². The zero-order chi connectivity index (χ0) is 19.8. The minimum absolute atomic E-state index is 0.00549. The fourth-order valence-corrected chi connectivity index (χ4v) is 3.61. The number of nitrogens with zero attached hydrogens (tertiary/aromatic N) is 5. The molecule has 1 atom stereocenters. The van der Waals surface area contributed by atoms with Gasteiger partial charge in [0.1, 0.15) is 13.1 Å². The van der Waals surface area contributed by atoms with Crippen LogP contribution in [0.5, 0.6) is 0 Å². The molecule has 0 aromatic heterocycles. The maximum atomic E-state index is 12.8. The van der Waals surface area contributed by atoms with Crippen molar-refractivity contribution in [2.24, 2.45) is 5.16 Å². The van der Waals surface area contributed by atoms with E-state index in [4.69, 9.17) is 4.84 Å². The minimum Gasteiger partial charge on any atom is -0.379 e. The molecule has 3 rings (SSSR count). The van der Waals surface area contributed by atoms with Gasteiger partial charge in [-0.25, -0.2) is 4.79 Å². The molecule has 0 bridgehead atoms. The van der Waals surface area contributed by atoms with E-state index in [0.29, 0.717) is 39.0 Å². The lowest BCUT2D eigenvalue weighted by atomic mass is 9.98. The zero-order valence-corrected chi connectivity index (χ0v) is 15.9. The van der Waals surface area contributed by atoms with Crippen LogP contribution in [-0.4, -0.2) is 101 Å². The molecule has 3 aliphatic heterocycles. The molecule has 27 heavy (non-hydrogen) atoms. The van der Waals surface area contributed by atoms with Gasteiger partial charge in [-0.3, -0.25) is 19.3 Å². The van der Waals surface area contributed by atoms with Crippen molar-refractivity contribution in [1.82, 2.24) is 19.6 Å². The van der Waals surface area contributed by atoms with Gasteiger partial charge in [-0.2, -0.15) is 0 Å². The summed E-state index contributed by atoms with van der Waals surface area (Å²) in [5.41, 5.74) is -0.204. The highest BCUT2D eigenvalue weighted by Gasteiger charge is 2.44. The monoisotopic (exact) mass is 379 g/mol. The van der Waals surface area contributed by atoms with Gasteiger partial charge in [-0.15, -0.1) is 0 Å². The van der Waals surface area contributed by atoms with Crippen LogP contribution in [0.25, 0.3) is 0 Å². The van der Waals surface area contributed by atoms with Gasteiger partial charge in [-0.1, -0.05) is 5.16 Å². The molecule has 148 valence electrons. The summed E-state index contributed by atoms with van der Waals surface area (Å²) in [6, 6.07) is -0.457. The Morgan fingerprint density at radius 3 is 2.41 bits per heavy atom. The van der Waals surface area contributed by atoms with Gasteiger partial charge in [0.05, 0.1) is 5.71 Å². The smallest absolute Gasteiger partial charge is 0.327 e. The van der Waals surface area contributed by atoms with E-state index in [1.54, 1.807) is 16.7 Å². The minimum atomic E-state index is -0.984. The molecule has 0 saturated carbocycles. The maximum Gasteiger partial charge on any atom is 0.327 e. The Labute approximate surface area is 157 Å². The van der Waals surface area contributed by atoms with E-state index in [9.17, 15) is 19.2 Å². The van der Waals surface area contributed by atoms with Crippen molar-refractivity contribution < 1.29 is 24.0 Å². The Bertz CT molecular complexity index is 708. The number of hydrogen-bond acceptors (Lipinski definition) is 6. The summed E-state index contributed by atoms with van der Waals surface area (Å²) in [4.78, 5) is 60.1. The van der Waals surface area contributed by atoms with Crippen molar-refractivity contribution in [1.29, 1.82) is 0 Å². The van der Waals surface area contributed by atoms with Gasteiger partial charge < -0.3 is 19.5 Å². The number of imide groups is 1. The Kier molecular flexibility index (Phi) is 5.07. The summed E-state index contributed by atoms with van der Waals surface area (Å²) in [6.07, 6.45) is 1.08. The summed E-state index contributed by atoms with van der Waals surface area (Å²) in [6.45, 7) is 5.01. The number of rotatable bonds is 3. The van der Waals surface area contributed by atoms with Gasteiger partial charge in [0, 0.05) is 39.6 Å². The standard InChI is InChI=1S/C17H25N5O5/c1-12-9-17(2,27-18-12)15(25)21-6-4-5-20(7-8-21)13(23)11-22-14(24)10-19(3)16(22)26/h4-11H2,1-3H3. The van der Waals surface area contributed by atoms with Crippen molar-refractivity contribution in [2.45, 2.75) is 32.3 Å². The Morgan fingerprint density at radius 2 is 1.81 bits per heavy atom. The topological polar surface area (TPSA) is 103 Å². The van der Waals surface area contributed by atoms with Gasteiger partial charge in [0.2, 0.25) is 11.5 Å². The molecular weight excluding hydrogens is 354 g/mol. The molecule has 0 aliphatic carbocycles. The van der Waals surface area contributed by atoms with E-state index in [0.717, 1.165) is 10.6 Å². The molecule has 0 N–H and O–H groups in total. The van der Waals surface area contributed by atoms with Crippen molar-refractivity contribution in [3.8, 4) is 0 Å². The summed E-state index contributed by atoms with van der Waals surface area (Å²) < 4.78 is 0. The summed E-state index contributed by atoms with van der Waals surface area (Å²) in [5, 5.41) is 3.88. The van der Waals surface area contributed by atoms with Gasteiger partial charge in [0.25, 0.3) is 11.8 Å². The third-order valence-corrected chi connectivity index (χ3v) is 5.11. The summed E-state index contributed by atoms with van der Waals surface area (Å²) in [7, 11) is 1.53. The highest BCUT2D eigenvalue weighted by Crippen LogP contribution is 2.26. The molecule has 3 aliphatic rings. The molecule has 2 saturated heterocycles. The van der Waals surface area contributed by atoms with E-state index in [2.05, 4.69) is 5.16 Å². The first-order valence-electron chi connectivity index (χ1n) is 9.05. The molecule has 0 aromatic rings. The van der Waals surface area contributed by atoms with E-state index in [1.807, 2.05) is 6.92 Å². The number of urea groups is 1. The summed E-state index contributed by atoms with van der Waals surface area (Å²) >= 11 is 0. The van der Waals surface area contributed by atoms with E-state index >= 15 is 0 Å². The van der Waals surface area contributed by atoms with E-state index in [1.165, 1.54) is 11.9 Å². The molecule has 0 spiro atoms. The molecule has 0 aromatic carbocycles. The van der Waals surface area contributed by atoms with Crippen LogP contribution in [0.2, 0.25) is 0 Å². The SMILES string of the molecule is CC1=NOC(C)(C(=O)N2CCCN(C(=O)CN3C(=O)CN(C)C3=O)CC2)C1. The maximum absolute atomic E-state index is 12.8. The van der Waals surface area contributed by atoms with Crippen molar-refractivity contribution in [3.63, 3.8) is 0 Å². The van der Waals surface area contributed by atoms with E-state index < -0.39 is 11.6 Å². The summed E-state index contributed by atoms with van der Waals surface area (Å²) in [5.74, 6) is -0.795. The molecule has 3 heterocycles. The Balaban J connectivity index is 1.57. The van der Waals surface area contributed by atoms with Gasteiger partial charge in [-0.05, 0) is 20.3 Å². The third kappa shape index (κ3) is 3.74. The van der Waals surface area contributed by atoms with Crippen LogP contribution in [0, 0.1) is 0 Å². The number of carbonyl (C=O) groups is 4. The molecule has 10 heteroatoms. The lowest BCUT2D eigenvalue weighted by Crippen LogP contribution is -2.49. The van der Waals surface area contributed by atoms with Crippen molar-refractivity contribution in [2.75, 3.05) is 46.3 Å². The van der Waals surface area contributed by atoms with Crippen LogP contribution in [0.1, 0.15) is 26.7 Å². The lowest BCUT2D eigenvalue weighted by molar-refractivity contribution is -0.153. The van der Waals surface area contributed by atoms with Crippen molar-refractivity contribution in [3.05, 3.63) is 0 Å². The Morgan fingerprint density at radius 1 is 1.15 bits per heavy atom. The quantitative estimate of drug-likeness (QED) is 0.615. The van der Waals surface area contributed by atoms with Gasteiger partial charge in [0.15, 0.2) is 0 Å². The fourth-order valence-electron chi connectivity index (χ4n) is 3.61. The lowest BCUT2D eigenvalue weighted by Gasteiger charge is -2.29. The second-order valence-electron chi connectivity index (χ2n) is 7.47. The average Bonchev–Trinajstić information content (AvgIpc) is 2.97. The predicted molar refractivity (Wildman–Crippen MR) is 94.7 cm³/mol. The zero-order valence-electron chi connectivity index (χ0n) is 15.9. The highest BCUT2D eigenvalue weighted by molar-refractivity contribution is 6.04. The first kappa shape index (κ1) is 19.1. The molecule has 1 unspecified atom stereocenters. The van der Waals surface area contributed by atoms with Crippen molar-refractivity contribution >= 4 is 29.5 Å². The second-order valence-corrected chi connectivity index (χ2v) is 7.47. The van der Waals surface area contributed by atoms with Crippen LogP contribution in [0.3, 0.4) is 0 Å². The third-order valence-electron chi connectivity index (χ3n) is 5.11. The average molecular weight is 379 g/mol.